The van der Waals surface area contributed by atoms with Gasteiger partial charge in [-0.05, 0) is 44.9 Å². The summed E-state index contributed by atoms with van der Waals surface area (Å²) in [6.07, 6.45) is 27.1. The normalized spacial score (nSPS) is 14.2. The first-order valence-corrected chi connectivity index (χ1v) is 16.5. The zero-order chi connectivity index (χ0) is 29.7. The summed E-state index contributed by atoms with van der Waals surface area (Å²) < 4.78 is 26.1. The van der Waals surface area contributed by atoms with Gasteiger partial charge in [-0.25, -0.2) is 4.57 Å². The second kappa shape index (κ2) is 27.4. The van der Waals surface area contributed by atoms with Crippen molar-refractivity contribution in [2.45, 2.75) is 116 Å². The Bertz CT molecular complexity index is 769. The van der Waals surface area contributed by atoms with Crippen LogP contribution in [-0.4, -0.2) is 54.3 Å². The lowest BCUT2D eigenvalue weighted by atomic mass is 10.1. The summed E-state index contributed by atoms with van der Waals surface area (Å²) in [5.74, 6) is -0.625. The second-order valence-electron chi connectivity index (χ2n) is 9.68. The molecule has 0 spiro atoms. The minimum Gasteiger partial charge on any atom is -0.463 e. The van der Waals surface area contributed by atoms with Crippen LogP contribution in [0.2, 0.25) is 0 Å². The largest absolute Gasteiger partial charge is 0.472 e. The van der Waals surface area contributed by atoms with Gasteiger partial charge in [0.1, 0.15) is 12.7 Å². The molecule has 9 nitrogen and oxygen atoms in total. The number of phosphoric acid groups is 1. The smallest absolute Gasteiger partial charge is 0.463 e. The fraction of sp³-hybridized carbons (Fsp3) is 0.733. The average molecular weight is 588 g/mol. The quantitative estimate of drug-likeness (QED) is 0.0419. The highest BCUT2D eigenvalue weighted by molar-refractivity contribution is 7.47. The van der Waals surface area contributed by atoms with Gasteiger partial charge in [-0.2, -0.15) is 0 Å². The molecule has 2 unspecified atom stereocenters. The van der Waals surface area contributed by atoms with Gasteiger partial charge in [0, 0.05) is 19.4 Å². The van der Waals surface area contributed by atoms with Crippen molar-refractivity contribution in [2.24, 2.45) is 0 Å². The van der Waals surface area contributed by atoms with E-state index in [2.05, 4.69) is 53.2 Å². The molecule has 0 aliphatic rings. The van der Waals surface area contributed by atoms with Gasteiger partial charge in [-0.3, -0.25) is 18.6 Å². The maximum atomic E-state index is 11.8. The Labute approximate surface area is 242 Å². The fourth-order valence-corrected chi connectivity index (χ4v) is 4.29. The van der Waals surface area contributed by atoms with Gasteiger partial charge in [0.25, 0.3) is 0 Å². The summed E-state index contributed by atoms with van der Waals surface area (Å²) in [6.45, 7) is 2.91. The molecule has 0 fully saturated rings. The van der Waals surface area contributed by atoms with Gasteiger partial charge in [0.05, 0.1) is 13.2 Å². The summed E-state index contributed by atoms with van der Waals surface area (Å²) >= 11 is 0. The number of esters is 1. The van der Waals surface area contributed by atoms with Crippen LogP contribution in [0, 0.1) is 0 Å². The Kier molecular flexibility index (Phi) is 26.2. The Balaban J connectivity index is 3.60. The van der Waals surface area contributed by atoms with E-state index in [9.17, 15) is 24.2 Å². The molecule has 40 heavy (non-hydrogen) atoms. The van der Waals surface area contributed by atoms with Crippen molar-refractivity contribution in [1.82, 2.24) is 5.32 Å². The van der Waals surface area contributed by atoms with Crippen LogP contribution in [0.4, 0.5) is 0 Å². The summed E-state index contributed by atoms with van der Waals surface area (Å²) in [7, 11) is -4.37. The van der Waals surface area contributed by atoms with E-state index >= 15 is 0 Å². The van der Waals surface area contributed by atoms with E-state index in [0.717, 1.165) is 44.9 Å². The van der Waals surface area contributed by atoms with Crippen molar-refractivity contribution in [3.63, 3.8) is 0 Å². The molecule has 0 saturated carbocycles. The minimum atomic E-state index is -4.37. The van der Waals surface area contributed by atoms with E-state index in [-0.39, 0.29) is 32.1 Å². The third kappa shape index (κ3) is 27.8. The molecule has 0 bridgehead atoms. The molecule has 10 heteroatoms. The minimum absolute atomic E-state index is 0.0635. The zero-order valence-electron chi connectivity index (χ0n) is 24.8. The number of nitrogens with one attached hydrogen (secondary N) is 1. The Morgan fingerprint density at radius 3 is 2.00 bits per heavy atom. The van der Waals surface area contributed by atoms with Gasteiger partial charge >= 0.3 is 13.8 Å². The van der Waals surface area contributed by atoms with Crippen LogP contribution in [0.15, 0.2) is 36.5 Å². The molecular weight excluding hydrogens is 533 g/mol. The lowest BCUT2D eigenvalue weighted by Crippen LogP contribution is -2.26. The molecule has 0 aliphatic heterocycles. The van der Waals surface area contributed by atoms with Gasteiger partial charge in [-0.1, -0.05) is 88.8 Å². The van der Waals surface area contributed by atoms with Crippen LogP contribution in [0.5, 0.6) is 0 Å². The highest BCUT2D eigenvalue weighted by Gasteiger charge is 2.23. The number of unbranched alkanes of at least 4 members (excludes halogenated alkanes) is 9. The van der Waals surface area contributed by atoms with E-state index in [4.69, 9.17) is 9.26 Å². The second-order valence-corrected chi connectivity index (χ2v) is 11.1. The number of allylic oxidation sites excluding steroid dienone is 6. The van der Waals surface area contributed by atoms with Crippen molar-refractivity contribution < 1.29 is 37.9 Å². The Hall–Kier alpha value is -1.77. The molecule has 0 radical (unpaired) electrons. The number of rotatable bonds is 27. The molecule has 232 valence electrons. The molecule has 0 aromatic carbocycles. The van der Waals surface area contributed by atoms with E-state index in [1.54, 1.807) is 6.92 Å². The molecule has 0 aliphatic carbocycles. The van der Waals surface area contributed by atoms with Crippen molar-refractivity contribution in [3.05, 3.63) is 36.5 Å². The van der Waals surface area contributed by atoms with Gasteiger partial charge in [-0.15, -0.1) is 0 Å². The summed E-state index contributed by atoms with van der Waals surface area (Å²) in [4.78, 5) is 32.5. The molecule has 0 aromatic heterocycles. The molecule has 1 amide bonds. The molecule has 3 N–H and O–H groups in total. The monoisotopic (exact) mass is 587 g/mol. The number of carbonyl (C=O) groups excluding carboxylic acids is 2. The highest BCUT2D eigenvalue weighted by Crippen LogP contribution is 2.42. The van der Waals surface area contributed by atoms with Crippen LogP contribution < -0.4 is 5.32 Å². The summed E-state index contributed by atoms with van der Waals surface area (Å²) in [5.41, 5.74) is 0. The number of aliphatic hydroxyl groups is 1. The lowest BCUT2D eigenvalue weighted by molar-refractivity contribution is -0.147. The van der Waals surface area contributed by atoms with Crippen molar-refractivity contribution in [3.8, 4) is 0 Å². The number of ether oxygens (including phenoxy) is 1. The number of hydrogen-bond acceptors (Lipinski definition) is 7. The third-order valence-electron chi connectivity index (χ3n) is 5.89. The van der Waals surface area contributed by atoms with Gasteiger partial charge in [0.2, 0.25) is 5.91 Å². The van der Waals surface area contributed by atoms with Crippen LogP contribution >= 0.6 is 7.82 Å². The van der Waals surface area contributed by atoms with Gasteiger partial charge in [0.15, 0.2) is 0 Å². The van der Waals surface area contributed by atoms with E-state index < -0.39 is 26.5 Å². The zero-order valence-corrected chi connectivity index (χ0v) is 25.7. The number of aliphatic hydroxyl groups excluding tert-OH is 1. The Morgan fingerprint density at radius 1 is 0.800 bits per heavy atom. The first-order chi connectivity index (χ1) is 19.3. The lowest BCUT2D eigenvalue weighted by Gasteiger charge is -2.15. The maximum absolute atomic E-state index is 11.8. The maximum Gasteiger partial charge on any atom is 0.472 e. The summed E-state index contributed by atoms with van der Waals surface area (Å²) in [5, 5.41) is 12.3. The number of phosphoric ester groups is 1. The molecule has 0 aromatic rings. The van der Waals surface area contributed by atoms with Gasteiger partial charge < -0.3 is 20.1 Å². The van der Waals surface area contributed by atoms with Crippen LogP contribution in [-0.2, 0) is 27.9 Å². The fourth-order valence-electron chi connectivity index (χ4n) is 3.53. The predicted octanol–water partition coefficient (Wildman–Crippen LogP) is 6.70. The third-order valence-corrected chi connectivity index (χ3v) is 6.87. The van der Waals surface area contributed by atoms with Crippen LogP contribution in [0.25, 0.3) is 0 Å². The van der Waals surface area contributed by atoms with Crippen LogP contribution in [0.1, 0.15) is 110 Å². The van der Waals surface area contributed by atoms with Crippen molar-refractivity contribution in [2.75, 3.05) is 26.4 Å². The SMILES string of the molecule is CCCCC/C=C\C/C=C\C/C=C\CCCCCCCCC(=O)OCC(O)COP(=O)(O)OCCNC(=O)CC. The van der Waals surface area contributed by atoms with E-state index in [1.807, 2.05) is 0 Å². The first kappa shape index (κ1) is 38.2. The highest BCUT2D eigenvalue weighted by atomic mass is 31.2. The average Bonchev–Trinajstić information content (AvgIpc) is 2.94. The number of carbonyl (C=O) groups is 2. The van der Waals surface area contributed by atoms with Crippen LogP contribution in [0.3, 0.4) is 0 Å². The topological polar surface area (TPSA) is 131 Å². The van der Waals surface area contributed by atoms with Crippen molar-refractivity contribution in [1.29, 1.82) is 0 Å². The Morgan fingerprint density at radius 2 is 1.38 bits per heavy atom. The molecule has 0 heterocycles. The van der Waals surface area contributed by atoms with Crippen molar-refractivity contribution >= 4 is 19.7 Å². The molecule has 2 atom stereocenters. The summed E-state index contributed by atoms with van der Waals surface area (Å²) in [6, 6.07) is 0. The number of amides is 1. The number of hydrogen-bond donors (Lipinski definition) is 3. The first-order valence-electron chi connectivity index (χ1n) is 15.0. The van der Waals surface area contributed by atoms with E-state index in [0.29, 0.717) is 6.42 Å². The standard InChI is InChI=1S/C30H54NO8P/c1-3-5-6-7-8-9-10-11-12-13-14-15-16-17-18-19-20-21-22-23-30(34)37-26-28(32)27-39-40(35,36)38-25-24-31-29(33)4-2/h8-9,11-12,14-15,28,32H,3-7,10,13,16-27H2,1-2H3,(H,31,33)(H,35,36)/b9-8-,12-11-,15-14-. The molecule has 0 saturated heterocycles. The van der Waals surface area contributed by atoms with E-state index in [1.165, 1.54) is 38.5 Å². The predicted molar refractivity (Wildman–Crippen MR) is 160 cm³/mol. The molecule has 0 rings (SSSR count). The molecular formula is C30H54NO8P.